The van der Waals surface area contributed by atoms with Crippen molar-refractivity contribution in [2.24, 2.45) is 5.92 Å². The van der Waals surface area contributed by atoms with Gasteiger partial charge < -0.3 is 10.2 Å². The predicted octanol–water partition coefficient (Wildman–Crippen LogP) is 2.59. The Morgan fingerprint density at radius 1 is 1.04 bits per heavy atom. The van der Waals surface area contributed by atoms with Gasteiger partial charge in [0.1, 0.15) is 0 Å². The molecule has 1 aromatic carbocycles. The Bertz CT molecular complexity index is 725. The van der Waals surface area contributed by atoms with Crippen molar-refractivity contribution >= 4 is 16.1 Å². The summed E-state index contributed by atoms with van der Waals surface area (Å²) in [5.41, 5.74) is 1.03. The number of urea groups is 1. The van der Waals surface area contributed by atoms with Crippen molar-refractivity contribution in [2.45, 2.75) is 50.5 Å². The molecule has 0 aromatic heterocycles. The minimum atomic E-state index is -3.49. The average molecular weight is 380 g/mol. The van der Waals surface area contributed by atoms with Gasteiger partial charge >= 0.3 is 6.03 Å². The molecule has 2 fully saturated rings. The summed E-state index contributed by atoms with van der Waals surface area (Å²) in [5.74, 6) is 0.510. The van der Waals surface area contributed by atoms with E-state index >= 15 is 0 Å². The summed E-state index contributed by atoms with van der Waals surface area (Å²) in [5, 5.41) is 3.15. The van der Waals surface area contributed by atoms with Crippen molar-refractivity contribution in [3.63, 3.8) is 0 Å². The van der Waals surface area contributed by atoms with E-state index in [0.29, 0.717) is 37.0 Å². The molecule has 3 rings (SSSR count). The van der Waals surface area contributed by atoms with Crippen LogP contribution in [-0.2, 0) is 10.0 Å². The maximum atomic E-state index is 12.7. The van der Waals surface area contributed by atoms with E-state index in [1.54, 1.807) is 17.0 Å². The van der Waals surface area contributed by atoms with Crippen molar-refractivity contribution in [3.8, 4) is 0 Å². The van der Waals surface area contributed by atoms with Crippen LogP contribution in [0.4, 0.5) is 4.79 Å². The molecule has 7 heteroatoms. The van der Waals surface area contributed by atoms with Crippen LogP contribution < -0.4 is 5.32 Å². The number of carbonyl (C=O) groups excluding carboxylic acids is 1. The number of aryl methyl sites for hydroxylation is 1. The molecule has 0 radical (unpaired) electrons. The molecule has 2 aliphatic rings. The third kappa shape index (κ3) is 4.20. The lowest BCUT2D eigenvalue weighted by Gasteiger charge is -2.36. The van der Waals surface area contributed by atoms with Crippen LogP contribution >= 0.6 is 0 Å². The SMILES string of the molecule is Cc1ccc(S(=O)(=O)N2CCN(C(=O)N[C@@H]3CCCC[C@H]3C)CC2)cc1. The van der Waals surface area contributed by atoms with Gasteiger partial charge in [-0.2, -0.15) is 4.31 Å². The lowest BCUT2D eigenvalue weighted by atomic mass is 9.86. The Labute approximate surface area is 156 Å². The second kappa shape index (κ2) is 7.96. The predicted molar refractivity (Wildman–Crippen MR) is 101 cm³/mol. The Balaban J connectivity index is 1.56. The van der Waals surface area contributed by atoms with Crippen molar-refractivity contribution in [2.75, 3.05) is 26.2 Å². The lowest BCUT2D eigenvalue weighted by molar-refractivity contribution is 0.161. The van der Waals surface area contributed by atoms with Gasteiger partial charge in [-0.25, -0.2) is 13.2 Å². The second-order valence-electron chi connectivity index (χ2n) is 7.52. The molecule has 6 nitrogen and oxygen atoms in total. The number of amides is 2. The molecule has 1 aliphatic carbocycles. The van der Waals surface area contributed by atoms with Gasteiger partial charge in [0.05, 0.1) is 4.90 Å². The molecule has 1 N–H and O–H groups in total. The third-order valence-corrected chi connectivity index (χ3v) is 7.52. The van der Waals surface area contributed by atoms with Crippen LogP contribution in [0.15, 0.2) is 29.2 Å². The first kappa shape index (κ1) is 19.2. The molecule has 0 unspecified atom stereocenters. The van der Waals surface area contributed by atoms with Crippen molar-refractivity contribution in [1.82, 2.24) is 14.5 Å². The zero-order valence-electron chi connectivity index (χ0n) is 15.6. The Hall–Kier alpha value is -1.60. The molecule has 26 heavy (non-hydrogen) atoms. The van der Waals surface area contributed by atoms with Crippen LogP contribution in [-0.4, -0.2) is 55.9 Å². The van der Waals surface area contributed by atoms with Crippen LogP contribution in [0, 0.1) is 12.8 Å². The zero-order chi connectivity index (χ0) is 18.7. The zero-order valence-corrected chi connectivity index (χ0v) is 16.5. The number of hydrogen-bond acceptors (Lipinski definition) is 3. The van der Waals surface area contributed by atoms with Gasteiger partial charge in [-0.3, -0.25) is 0 Å². The highest BCUT2D eigenvalue weighted by Crippen LogP contribution is 2.24. The number of piperazine rings is 1. The number of carbonyl (C=O) groups is 1. The van der Waals surface area contributed by atoms with E-state index in [2.05, 4.69) is 12.2 Å². The van der Waals surface area contributed by atoms with Gasteiger partial charge in [-0.05, 0) is 37.8 Å². The summed E-state index contributed by atoms with van der Waals surface area (Å²) in [6.45, 7) is 5.65. The standard InChI is InChI=1S/C19H29N3O3S/c1-15-7-9-17(10-8-15)26(24,25)22-13-11-21(12-14-22)19(23)20-18-6-4-3-5-16(18)2/h7-10,16,18H,3-6,11-14H2,1-2H3,(H,20,23)/t16-,18-/m1/s1. The first-order valence-corrected chi connectivity index (χ1v) is 10.9. The van der Waals surface area contributed by atoms with Crippen LogP contribution in [0.25, 0.3) is 0 Å². The monoisotopic (exact) mass is 379 g/mol. The van der Waals surface area contributed by atoms with E-state index in [1.165, 1.54) is 10.7 Å². The smallest absolute Gasteiger partial charge is 0.317 e. The van der Waals surface area contributed by atoms with E-state index in [9.17, 15) is 13.2 Å². The van der Waals surface area contributed by atoms with Crippen molar-refractivity contribution < 1.29 is 13.2 Å². The highest BCUT2D eigenvalue weighted by atomic mass is 32.2. The Morgan fingerprint density at radius 3 is 2.27 bits per heavy atom. The molecule has 1 saturated carbocycles. The number of benzene rings is 1. The fraction of sp³-hybridized carbons (Fsp3) is 0.632. The van der Waals surface area contributed by atoms with E-state index in [-0.39, 0.29) is 12.1 Å². The summed E-state index contributed by atoms with van der Waals surface area (Å²) in [6, 6.07) is 7.09. The first-order valence-electron chi connectivity index (χ1n) is 9.50. The van der Waals surface area contributed by atoms with E-state index in [1.807, 2.05) is 19.1 Å². The molecule has 0 bridgehead atoms. The number of sulfonamides is 1. The molecule has 1 saturated heterocycles. The van der Waals surface area contributed by atoms with Crippen LogP contribution in [0.1, 0.15) is 38.2 Å². The lowest BCUT2D eigenvalue weighted by Crippen LogP contribution is -2.55. The summed E-state index contributed by atoms with van der Waals surface area (Å²) in [7, 11) is -3.49. The van der Waals surface area contributed by atoms with Gasteiger partial charge in [-0.1, -0.05) is 37.5 Å². The van der Waals surface area contributed by atoms with E-state index in [4.69, 9.17) is 0 Å². The quantitative estimate of drug-likeness (QED) is 0.878. The number of nitrogens with one attached hydrogen (secondary N) is 1. The van der Waals surface area contributed by atoms with E-state index in [0.717, 1.165) is 24.8 Å². The molecular formula is C19H29N3O3S. The highest BCUT2D eigenvalue weighted by molar-refractivity contribution is 7.89. The topological polar surface area (TPSA) is 69.7 Å². The molecule has 1 heterocycles. The van der Waals surface area contributed by atoms with Crippen LogP contribution in [0.5, 0.6) is 0 Å². The van der Waals surface area contributed by atoms with Gasteiger partial charge in [0.2, 0.25) is 10.0 Å². The molecule has 1 aliphatic heterocycles. The Morgan fingerprint density at radius 2 is 1.65 bits per heavy atom. The number of rotatable bonds is 3. The van der Waals surface area contributed by atoms with Gasteiger partial charge in [0.25, 0.3) is 0 Å². The Kier molecular flexibility index (Phi) is 5.87. The molecule has 1 aromatic rings. The van der Waals surface area contributed by atoms with Crippen molar-refractivity contribution in [1.29, 1.82) is 0 Å². The fourth-order valence-electron chi connectivity index (χ4n) is 3.77. The number of hydrogen-bond donors (Lipinski definition) is 1. The molecule has 144 valence electrons. The molecular weight excluding hydrogens is 350 g/mol. The van der Waals surface area contributed by atoms with Gasteiger partial charge in [0, 0.05) is 32.2 Å². The minimum Gasteiger partial charge on any atom is -0.335 e. The summed E-state index contributed by atoms with van der Waals surface area (Å²) in [4.78, 5) is 14.6. The summed E-state index contributed by atoms with van der Waals surface area (Å²) < 4.78 is 27.0. The molecule has 0 spiro atoms. The molecule has 2 amide bonds. The fourth-order valence-corrected chi connectivity index (χ4v) is 5.19. The van der Waals surface area contributed by atoms with Gasteiger partial charge in [0.15, 0.2) is 0 Å². The molecule has 2 atom stereocenters. The summed E-state index contributed by atoms with van der Waals surface area (Å²) >= 11 is 0. The van der Waals surface area contributed by atoms with E-state index < -0.39 is 10.0 Å². The third-order valence-electron chi connectivity index (χ3n) is 5.60. The maximum absolute atomic E-state index is 12.7. The minimum absolute atomic E-state index is 0.0591. The van der Waals surface area contributed by atoms with Crippen molar-refractivity contribution in [3.05, 3.63) is 29.8 Å². The second-order valence-corrected chi connectivity index (χ2v) is 9.46. The highest BCUT2D eigenvalue weighted by Gasteiger charge is 2.31. The van der Waals surface area contributed by atoms with Crippen LogP contribution in [0.2, 0.25) is 0 Å². The summed E-state index contributed by atoms with van der Waals surface area (Å²) in [6.07, 6.45) is 4.60. The first-order chi connectivity index (χ1) is 12.4. The normalized spacial score (nSPS) is 25.1. The largest absolute Gasteiger partial charge is 0.335 e. The van der Waals surface area contributed by atoms with Crippen LogP contribution in [0.3, 0.4) is 0 Å². The average Bonchev–Trinajstić information content (AvgIpc) is 2.64. The maximum Gasteiger partial charge on any atom is 0.317 e. The number of nitrogens with zero attached hydrogens (tertiary/aromatic N) is 2. The van der Waals surface area contributed by atoms with Gasteiger partial charge in [-0.15, -0.1) is 0 Å².